The lowest BCUT2D eigenvalue weighted by atomic mass is 10.1. The highest BCUT2D eigenvalue weighted by molar-refractivity contribution is 5.72. The fourth-order valence-electron chi connectivity index (χ4n) is 3.77. The fourth-order valence-corrected chi connectivity index (χ4v) is 3.77. The van der Waals surface area contributed by atoms with Crippen molar-refractivity contribution in [3.63, 3.8) is 0 Å². The number of likely N-dealkylation sites (tertiary alicyclic amines) is 1. The van der Waals surface area contributed by atoms with Crippen molar-refractivity contribution < 1.29 is 19.0 Å². The molecule has 12 heteroatoms. The highest BCUT2D eigenvalue weighted by atomic mass is 16.6. The third-order valence-corrected chi connectivity index (χ3v) is 5.36. The maximum atomic E-state index is 12.3. The van der Waals surface area contributed by atoms with E-state index < -0.39 is 0 Å². The summed E-state index contributed by atoms with van der Waals surface area (Å²) in [7, 11) is 0. The minimum Gasteiger partial charge on any atom is -0.472 e. The van der Waals surface area contributed by atoms with Gasteiger partial charge >= 0.3 is 6.09 Å². The number of carbonyl (C=O) groups excluding carboxylic acids is 1. The zero-order chi connectivity index (χ0) is 23.4. The molecule has 12 nitrogen and oxygen atoms in total. The van der Waals surface area contributed by atoms with Gasteiger partial charge in [-0.1, -0.05) is 0 Å². The number of rotatable bonds is 5. The van der Waals surface area contributed by atoms with Crippen molar-refractivity contribution in [1.29, 1.82) is 0 Å². The van der Waals surface area contributed by atoms with Crippen LogP contribution in [0.4, 0.5) is 22.5 Å². The minimum atomic E-state index is -0.331. The van der Waals surface area contributed by atoms with Crippen LogP contribution in [0.5, 0.6) is 5.88 Å². The number of nitrogen functional groups attached to an aromatic ring is 2. The van der Waals surface area contributed by atoms with Crippen LogP contribution in [-0.4, -0.2) is 82.5 Å². The number of nitrogens with two attached hydrogens (primary N) is 2. The van der Waals surface area contributed by atoms with E-state index in [9.17, 15) is 4.79 Å². The first-order valence-corrected chi connectivity index (χ1v) is 11.1. The first kappa shape index (κ1) is 22.8. The molecule has 1 amide bonds. The number of piperidine rings is 1. The van der Waals surface area contributed by atoms with Crippen LogP contribution in [-0.2, 0) is 9.47 Å². The molecule has 0 saturated carbocycles. The number of morpholine rings is 1. The summed E-state index contributed by atoms with van der Waals surface area (Å²) >= 11 is 0. The van der Waals surface area contributed by atoms with Gasteiger partial charge in [0.15, 0.2) is 0 Å². The monoisotopic (exact) mass is 458 g/mol. The molecule has 0 aromatic carbocycles. The van der Waals surface area contributed by atoms with Crippen LogP contribution in [0.2, 0.25) is 0 Å². The maximum Gasteiger partial charge on any atom is 0.410 e. The summed E-state index contributed by atoms with van der Waals surface area (Å²) in [6, 6.07) is 1.71. The summed E-state index contributed by atoms with van der Waals surface area (Å²) in [5.41, 5.74) is 12.8. The van der Waals surface area contributed by atoms with Crippen LogP contribution in [0.25, 0.3) is 11.3 Å². The van der Waals surface area contributed by atoms with E-state index in [1.165, 1.54) is 6.20 Å². The molecule has 0 aliphatic carbocycles. The standard InChI is InChI=1S/C21H30N8O4/c1-13(2)32-21(30)29-5-3-4-14(12-29)33-17-10-16(15-11-24-19(23)27-18(15)22)25-20(26-17)28-6-8-31-9-7-28/h10-11,13-14H,3-9,12H2,1-2H3,(H4,22,23,24,27)/t14-/m0/s1. The second kappa shape index (κ2) is 10.0. The Labute approximate surface area is 192 Å². The van der Waals surface area contributed by atoms with E-state index in [0.29, 0.717) is 62.5 Å². The molecule has 4 heterocycles. The molecule has 2 aliphatic rings. The zero-order valence-electron chi connectivity index (χ0n) is 18.9. The molecule has 2 aromatic heterocycles. The van der Waals surface area contributed by atoms with Gasteiger partial charge in [0.1, 0.15) is 11.9 Å². The molecule has 2 saturated heterocycles. The van der Waals surface area contributed by atoms with Crippen LogP contribution in [0.1, 0.15) is 26.7 Å². The SMILES string of the molecule is CC(C)OC(=O)N1CCC[C@H](Oc2cc(-c3cnc(N)nc3N)nc(N3CCOCC3)n2)C1. The summed E-state index contributed by atoms with van der Waals surface area (Å²) in [4.78, 5) is 33.4. The molecule has 4 rings (SSSR count). The van der Waals surface area contributed by atoms with Gasteiger partial charge in [-0.25, -0.2) is 14.8 Å². The molecular weight excluding hydrogens is 428 g/mol. The summed E-state index contributed by atoms with van der Waals surface area (Å²) in [6.45, 7) is 7.22. The van der Waals surface area contributed by atoms with Crippen molar-refractivity contribution in [3.8, 4) is 17.1 Å². The highest BCUT2D eigenvalue weighted by Gasteiger charge is 2.27. The molecule has 2 fully saturated rings. The van der Waals surface area contributed by atoms with Crippen molar-refractivity contribution in [3.05, 3.63) is 12.3 Å². The van der Waals surface area contributed by atoms with E-state index in [1.54, 1.807) is 11.0 Å². The van der Waals surface area contributed by atoms with Crippen molar-refractivity contribution in [2.75, 3.05) is 55.8 Å². The van der Waals surface area contributed by atoms with Gasteiger partial charge < -0.3 is 35.5 Å². The Morgan fingerprint density at radius 3 is 2.70 bits per heavy atom. The second-order valence-corrected chi connectivity index (χ2v) is 8.28. The number of aromatic nitrogens is 4. The molecule has 1 atom stereocenters. The smallest absolute Gasteiger partial charge is 0.410 e. The number of amides is 1. The van der Waals surface area contributed by atoms with Crippen LogP contribution in [0.15, 0.2) is 12.3 Å². The topological polar surface area (TPSA) is 155 Å². The molecule has 2 aromatic rings. The summed E-state index contributed by atoms with van der Waals surface area (Å²) in [6.07, 6.45) is 2.42. The lowest BCUT2D eigenvalue weighted by molar-refractivity contribution is 0.0427. The maximum absolute atomic E-state index is 12.3. The Hall–Kier alpha value is -3.41. The molecule has 4 N–H and O–H groups in total. The first-order chi connectivity index (χ1) is 15.9. The minimum absolute atomic E-state index is 0.0887. The van der Waals surface area contributed by atoms with Gasteiger partial charge in [-0.2, -0.15) is 9.97 Å². The number of anilines is 3. The first-order valence-electron chi connectivity index (χ1n) is 11.1. The fraction of sp³-hybridized carbons (Fsp3) is 0.571. The van der Waals surface area contributed by atoms with E-state index in [2.05, 4.69) is 19.9 Å². The zero-order valence-corrected chi connectivity index (χ0v) is 18.9. The summed E-state index contributed by atoms with van der Waals surface area (Å²) in [5.74, 6) is 1.21. The van der Waals surface area contributed by atoms with Gasteiger partial charge in [0, 0.05) is 31.9 Å². The normalized spacial score (nSPS) is 18.9. The Balaban J connectivity index is 1.59. The number of nitrogens with zero attached hydrogens (tertiary/aromatic N) is 6. The Morgan fingerprint density at radius 1 is 1.18 bits per heavy atom. The molecule has 2 aliphatic heterocycles. The van der Waals surface area contributed by atoms with Crippen molar-refractivity contribution >= 4 is 23.8 Å². The molecule has 0 unspecified atom stereocenters. The second-order valence-electron chi connectivity index (χ2n) is 8.28. The molecule has 0 bridgehead atoms. The van der Waals surface area contributed by atoms with Crippen molar-refractivity contribution in [2.45, 2.75) is 38.9 Å². The van der Waals surface area contributed by atoms with E-state index in [0.717, 1.165) is 12.8 Å². The Kier molecular flexibility index (Phi) is 6.92. The van der Waals surface area contributed by atoms with E-state index in [4.69, 9.17) is 25.7 Å². The predicted octanol–water partition coefficient (Wildman–Crippen LogP) is 1.32. The number of carbonyl (C=O) groups is 1. The van der Waals surface area contributed by atoms with Crippen molar-refractivity contribution in [2.24, 2.45) is 0 Å². The van der Waals surface area contributed by atoms with Crippen LogP contribution >= 0.6 is 0 Å². The molecular formula is C21H30N8O4. The highest BCUT2D eigenvalue weighted by Crippen LogP contribution is 2.29. The van der Waals surface area contributed by atoms with Crippen LogP contribution in [0.3, 0.4) is 0 Å². The van der Waals surface area contributed by atoms with Gasteiger partial charge in [-0.15, -0.1) is 0 Å². The molecule has 0 spiro atoms. The molecule has 0 radical (unpaired) electrons. The molecule has 33 heavy (non-hydrogen) atoms. The summed E-state index contributed by atoms with van der Waals surface area (Å²) in [5, 5.41) is 0. The molecule has 178 valence electrons. The van der Waals surface area contributed by atoms with E-state index >= 15 is 0 Å². The third kappa shape index (κ3) is 5.69. The largest absolute Gasteiger partial charge is 0.472 e. The van der Waals surface area contributed by atoms with E-state index in [-0.39, 0.29) is 30.1 Å². The van der Waals surface area contributed by atoms with Gasteiger partial charge in [-0.05, 0) is 26.7 Å². The predicted molar refractivity (Wildman–Crippen MR) is 122 cm³/mol. The number of ether oxygens (including phenoxy) is 3. The van der Waals surface area contributed by atoms with Crippen LogP contribution in [0, 0.1) is 0 Å². The van der Waals surface area contributed by atoms with Gasteiger partial charge in [-0.3, -0.25) is 0 Å². The number of hydrogen-bond donors (Lipinski definition) is 2. The van der Waals surface area contributed by atoms with Gasteiger partial charge in [0.05, 0.1) is 37.1 Å². The third-order valence-electron chi connectivity index (χ3n) is 5.36. The van der Waals surface area contributed by atoms with Crippen LogP contribution < -0.4 is 21.1 Å². The average Bonchev–Trinajstić information content (AvgIpc) is 2.79. The van der Waals surface area contributed by atoms with E-state index in [1.807, 2.05) is 18.7 Å². The van der Waals surface area contributed by atoms with Gasteiger partial charge in [0.2, 0.25) is 17.8 Å². The lowest BCUT2D eigenvalue weighted by Crippen LogP contribution is -2.45. The lowest BCUT2D eigenvalue weighted by Gasteiger charge is -2.32. The Morgan fingerprint density at radius 2 is 1.97 bits per heavy atom. The van der Waals surface area contributed by atoms with Gasteiger partial charge in [0.25, 0.3) is 0 Å². The van der Waals surface area contributed by atoms with Crippen molar-refractivity contribution in [1.82, 2.24) is 24.8 Å². The average molecular weight is 459 g/mol. The number of hydrogen-bond acceptors (Lipinski definition) is 11. The quantitative estimate of drug-likeness (QED) is 0.666. The summed E-state index contributed by atoms with van der Waals surface area (Å²) < 4.78 is 17.0. The Bertz CT molecular complexity index is 983.